The van der Waals surface area contributed by atoms with E-state index in [1.54, 1.807) is 24.3 Å². The van der Waals surface area contributed by atoms with E-state index in [-0.39, 0.29) is 23.5 Å². The highest BCUT2D eigenvalue weighted by atomic mass is 32.2. The second-order valence-electron chi connectivity index (χ2n) is 8.62. The molecule has 1 fully saturated rings. The Morgan fingerprint density at radius 2 is 1.69 bits per heavy atom. The molecule has 2 amide bonds. The minimum Gasteiger partial charge on any atom is -0.326 e. The Balaban J connectivity index is 1.92. The van der Waals surface area contributed by atoms with Gasteiger partial charge in [0.25, 0.3) is 0 Å². The number of hydrogen-bond donors (Lipinski definition) is 2. The summed E-state index contributed by atoms with van der Waals surface area (Å²) in [5.74, 6) is -0.263. The highest BCUT2D eigenvalue weighted by molar-refractivity contribution is 7.89. The van der Waals surface area contributed by atoms with E-state index >= 15 is 0 Å². The first-order valence-corrected chi connectivity index (χ1v) is 11.8. The number of benzene rings is 1. The van der Waals surface area contributed by atoms with Crippen molar-refractivity contribution >= 4 is 33.2 Å². The largest absolute Gasteiger partial charge is 0.326 e. The van der Waals surface area contributed by atoms with E-state index < -0.39 is 15.4 Å². The van der Waals surface area contributed by atoms with Crippen LogP contribution < -0.4 is 10.6 Å². The molecular formula is C21H33N3O4S. The van der Waals surface area contributed by atoms with E-state index in [9.17, 15) is 18.0 Å². The molecule has 1 heterocycles. The molecule has 1 aromatic rings. The maximum absolute atomic E-state index is 12.6. The van der Waals surface area contributed by atoms with Crippen molar-refractivity contribution in [1.29, 1.82) is 0 Å². The monoisotopic (exact) mass is 423 g/mol. The molecule has 1 aliphatic rings. The molecule has 0 aromatic heterocycles. The van der Waals surface area contributed by atoms with Crippen LogP contribution in [-0.4, -0.2) is 43.4 Å². The summed E-state index contributed by atoms with van der Waals surface area (Å²) in [6, 6.07) is 7.05. The second kappa shape index (κ2) is 9.71. The predicted octanol–water partition coefficient (Wildman–Crippen LogP) is 3.45. The summed E-state index contributed by atoms with van der Waals surface area (Å²) in [5, 5.41) is 5.74. The van der Waals surface area contributed by atoms with Gasteiger partial charge in [0.1, 0.15) is 0 Å². The topological polar surface area (TPSA) is 95.6 Å². The van der Waals surface area contributed by atoms with Gasteiger partial charge in [0.15, 0.2) is 0 Å². The number of sulfonamides is 1. The van der Waals surface area contributed by atoms with Crippen LogP contribution in [0.1, 0.15) is 53.4 Å². The number of hydrogen-bond acceptors (Lipinski definition) is 4. The number of nitrogens with zero attached hydrogens (tertiary/aromatic N) is 1. The van der Waals surface area contributed by atoms with Crippen LogP contribution in [0.4, 0.5) is 11.4 Å². The van der Waals surface area contributed by atoms with E-state index in [1.807, 2.05) is 27.7 Å². The number of nitrogens with one attached hydrogen (secondary N) is 2. The summed E-state index contributed by atoms with van der Waals surface area (Å²) in [6.07, 6.45) is 2.52. The van der Waals surface area contributed by atoms with Crippen molar-refractivity contribution in [2.45, 2.75) is 53.4 Å². The van der Waals surface area contributed by atoms with Crippen molar-refractivity contribution in [1.82, 2.24) is 4.31 Å². The average molecular weight is 424 g/mol. The van der Waals surface area contributed by atoms with Crippen molar-refractivity contribution in [2.75, 3.05) is 29.5 Å². The van der Waals surface area contributed by atoms with Gasteiger partial charge in [-0.3, -0.25) is 9.59 Å². The molecule has 0 bridgehead atoms. The first-order chi connectivity index (χ1) is 13.5. The second-order valence-corrected chi connectivity index (χ2v) is 10.7. The fourth-order valence-corrected chi connectivity index (χ4v) is 4.77. The third kappa shape index (κ3) is 6.82. The lowest BCUT2D eigenvalue weighted by Crippen LogP contribution is -2.42. The molecule has 1 saturated heterocycles. The third-order valence-electron chi connectivity index (χ3n) is 5.04. The minimum atomic E-state index is -3.22. The normalized spacial score (nSPS) is 16.4. The minimum absolute atomic E-state index is 0.0994. The lowest BCUT2D eigenvalue weighted by molar-refractivity contribution is -0.123. The zero-order valence-electron chi connectivity index (χ0n) is 17.8. The molecule has 0 aliphatic carbocycles. The summed E-state index contributed by atoms with van der Waals surface area (Å²) in [7, 11) is -3.22. The molecule has 29 heavy (non-hydrogen) atoms. The van der Waals surface area contributed by atoms with Gasteiger partial charge in [-0.25, -0.2) is 12.7 Å². The van der Waals surface area contributed by atoms with Crippen LogP contribution in [0, 0.1) is 11.3 Å². The fraction of sp³-hybridized carbons (Fsp3) is 0.619. The lowest BCUT2D eigenvalue weighted by Gasteiger charge is -2.30. The van der Waals surface area contributed by atoms with E-state index in [1.165, 1.54) is 4.31 Å². The maximum Gasteiger partial charge on any atom is 0.229 e. The van der Waals surface area contributed by atoms with Crippen molar-refractivity contribution in [3.05, 3.63) is 24.3 Å². The molecule has 0 atom stereocenters. The Bertz CT molecular complexity index is 823. The predicted molar refractivity (Wildman–Crippen MR) is 116 cm³/mol. The van der Waals surface area contributed by atoms with E-state index in [0.29, 0.717) is 43.7 Å². The first-order valence-electron chi connectivity index (χ1n) is 10.2. The molecule has 7 nitrogen and oxygen atoms in total. The van der Waals surface area contributed by atoms with Crippen LogP contribution in [0.5, 0.6) is 0 Å². The average Bonchev–Trinajstić information content (AvgIpc) is 2.66. The van der Waals surface area contributed by atoms with Gasteiger partial charge in [-0.15, -0.1) is 0 Å². The molecule has 1 aliphatic heterocycles. The van der Waals surface area contributed by atoms with Gasteiger partial charge in [0, 0.05) is 35.8 Å². The standard InChI is InChI=1S/C21H33N3O4S/c1-5-6-14-29(27,28)24-12-10-16(11-13-24)19(25)22-17-8-7-9-18(15-17)23-20(26)21(2,3)4/h7-9,15-16H,5-6,10-14H2,1-4H3,(H,22,25)(H,23,26). The molecule has 2 rings (SSSR count). The first kappa shape index (κ1) is 23.3. The molecular weight excluding hydrogens is 390 g/mol. The number of carbonyl (C=O) groups is 2. The molecule has 8 heteroatoms. The Morgan fingerprint density at radius 3 is 2.24 bits per heavy atom. The van der Waals surface area contributed by atoms with Crippen molar-refractivity contribution < 1.29 is 18.0 Å². The highest BCUT2D eigenvalue weighted by Crippen LogP contribution is 2.24. The van der Waals surface area contributed by atoms with Gasteiger partial charge < -0.3 is 10.6 Å². The number of anilines is 2. The zero-order chi connectivity index (χ0) is 21.7. The van der Waals surface area contributed by atoms with Gasteiger partial charge in [-0.1, -0.05) is 40.2 Å². The molecule has 0 unspecified atom stereocenters. The van der Waals surface area contributed by atoms with Crippen LogP contribution in [0.25, 0.3) is 0 Å². The Kier molecular flexibility index (Phi) is 7.82. The van der Waals surface area contributed by atoms with E-state index in [4.69, 9.17) is 0 Å². The van der Waals surface area contributed by atoms with Crippen LogP contribution in [0.2, 0.25) is 0 Å². The Hall–Kier alpha value is -1.93. The Morgan fingerprint density at radius 1 is 1.10 bits per heavy atom. The lowest BCUT2D eigenvalue weighted by atomic mass is 9.95. The molecule has 162 valence electrons. The number of unbranched alkanes of at least 4 members (excludes halogenated alkanes) is 1. The van der Waals surface area contributed by atoms with Crippen LogP contribution in [0.15, 0.2) is 24.3 Å². The number of amides is 2. The molecule has 0 radical (unpaired) electrons. The smallest absolute Gasteiger partial charge is 0.229 e. The van der Waals surface area contributed by atoms with Gasteiger partial charge >= 0.3 is 0 Å². The Labute approximate surface area is 174 Å². The van der Waals surface area contributed by atoms with Gasteiger partial charge in [0.2, 0.25) is 21.8 Å². The molecule has 1 aromatic carbocycles. The van der Waals surface area contributed by atoms with Gasteiger partial charge in [0.05, 0.1) is 5.75 Å². The number of piperidine rings is 1. The van der Waals surface area contributed by atoms with Crippen LogP contribution >= 0.6 is 0 Å². The summed E-state index contributed by atoms with van der Waals surface area (Å²) in [6.45, 7) is 8.24. The molecule has 0 saturated carbocycles. The number of carbonyl (C=O) groups excluding carboxylic acids is 2. The molecule has 0 spiro atoms. The molecule has 2 N–H and O–H groups in total. The quantitative estimate of drug-likeness (QED) is 0.702. The maximum atomic E-state index is 12.6. The highest BCUT2D eigenvalue weighted by Gasteiger charge is 2.30. The zero-order valence-corrected chi connectivity index (χ0v) is 18.6. The van der Waals surface area contributed by atoms with Crippen molar-refractivity contribution in [2.24, 2.45) is 11.3 Å². The van der Waals surface area contributed by atoms with Crippen LogP contribution in [0.3, 0.4) is 0 Å². The number of rotatable bonds is 7. The summed E-state index contributed by atoms with van der Waals surface area (Å²) in [5.41, 5.74) is 0.726. The third-order valence-corrected chi connectivity index (χ3v) is 7.00. The SMILES string of the molecule is CCCCS(=O)(=O)N1CCC(C(=O)Nc2cccc(NC(=O)C(C)(C)C)c2)CC1. The van der Waals surface area contributed by atoms with Gasteiger partial charge in [-0.05, 0) is 37.5 Å². The summed E-state index contributed by atoms with van der Waals surface area (Å²) >= 11 is 0. The van der Waals surface area contributed by atoms with Crippen LogP contribution in [-0.2, 0) is 19.6 Å². The fourth-order valence-electron chi connectivity index (χ4n) is 3.09. The van der Waals surface area contributed by atoms with Gasteiger partial charge in [-0.2, -0.15) is 0 Å². The summed E-state index contributed by atoms with van der Waals surface area (Å²) < 4.78 is 26.1. The van der Waals surface area contributed by atoms with Crippen molar-refractivity contribution in [3.63, 3.8) is 0 Å². The van der Waals surface area contributed by atoms with Crippen molar-refractivity contribution in [3.8, 4) is 0 Å². The van der Waals surface area contributed by atoms with E-state index in [2.05, 4.69) is 10.6 Å². The van der Waals surface area contributed by atoms with E-state index in [0.717, 1.165) is 6.42 Å². The summed E-state index contributed by atoms with van der Waals surface area (Å²) in [4.78, 5) is 24.8.